The third-order valence-electron chi connectivity index (χ3n) is 3.36. The van der Waals surface area contributed by atoms with Crippen LogP contribution in [0.1, 0.15) is 27.7 Å². The molecule has 0 spiro atoms. The van der Waals surface area contributed by atoms with E-state index in [-0.39, 0.29) is 21.9 Å². The van der Waals surface area contributed by atoms with Gasteiger partial charge in [-0.25, -0.2) is 10.8 Å². The molecule has 0 fully saturated rings. The highest BCUT2D eigenvalue weighted by molar-refractivity contribution is 7.89. The summed E-state index contributed by atoms with van der Waals surface area (Å²) >= 11 is 0. The zero-order valence-electron chi connectivity index (χ0n) is 11.3. The molecule has 2 N–H and O–H groups in total. The van der Waals surface area contributed by atoms with Crippen molar-refractivity contribution in [2.24, 2.45) is 22.2 Å². The minimum atomic E-state index is -3.80. The SMILES string of the molecule is CC(C1=Nc2cnncc2S(=O)(=O)N1N)C(C)(C)C. The maximum atomic E-state index is 12.3. The van der Waals surface area contributed by atoms with E-state index in [4.69, 9.17) is 5.84 Å². The zero-order valence-corrected chi connectivity index (χ0v) is 12.1. The van der Waals surface area contributed by atoms with Gasteiger partial charge in [0.05, 0.1) is 12.4 Å². The summed E-state index contributed by atoms with van der Waals surface area (Å²) in [7, 11) is -3.80. The molecule has 1 aliphatic heterocycles. The molecule has 1 aromatic heterocycles. The van der Waals surface area contributed by atoms with Crippen LogP contribution in [0.25, 0.3) is 0 Å². The van der Waals surface area contributed by atoms with E-state index >= 15 is 0 Å². The van der Waals surface area contributed by atoms with Gasteiger partial charge in [-0.15, -0.1) is 0 Å². The van der Waals surface area contributed by atoms with Crippen LogP contribution in [0.5, 0.6) is 0 Å². The predicted molar refractivity (Wildman–Crippen MR) is 71.0 cm³/mol. The van der Waals surface area contributed by atoms with Gasteiger partial charge in [-0.05, 0) is 5.41 Å². The lowest BCUT2D eigenvalue weighted by Gasteiger charge is -2.34. The van der Waals surface area contributed by atoms with Crippen LogP contribution in [-0.2, 0) is 10.0 Å². The lowest BCUT2D eigenvalue weighted by molar-refractivity contribution is 0.316. The van der Waals surface area contributed by atoms with Crippen LogP contribution < -0.4 is 5.84 Å². The van der Waals surface area contributed by atoms with Crippen LogP contribution in [-0.4, -0.2) is 28.9 Å². The van der Waals surface area contributed by atoms with Gasteiger partial charge in [0.1, 0.15) is 16.4 Å². The number of hydrazine groups is 1. The normalized spacial score (nSPS) is 19.6. The fraction of sp³-hybridized carbons (Fsp3) is 0.545. The van der Waals surface area contributed by atoms with Crippen molar-refractivity contribution >= 4 is 21.5 Å². The van der Waals surface area contributed by atoms with Crippen molar-refractivity contribution in [1.29, 1.82) is 0 Å². The predicted octanol–water partition coefficient (Wildman–Crippen LogP) is 1.07. The number of nitrogens with zero attached hydrogens (tertiary/aromatic N) is 4. The molecule has 0 amide bonds. The molecule has 7 nitrogen and oxygen atoms in total. The molecule has 1 aliphatic rings. The fourth-order valence-corrected chi connectivity index (χ4v) is 2.86. The zero-order chi connectivity index (χ0) is 14.4. The number of nitrogens with two attached hydrogens (primary N) is 1. The number of fused-ring (bicyclic) bond motifs is 1. The highest BCUT2D eigenvalue weighted by atomic mass is 32.2. The summed E-state index contributed by atoms with van der Waals surface area (Å²) in [4.78, 5) is 4.31. The molecular weight excluding hydrogens is 266 g/mol. The van der Waals surface area contributed by atoms with E-state index in [1.165, 1.54) is 6.20 Å². The molecule has 0 bridgehead atoms. The smallest absolute Gasteiger partial charge is 0.232 e. The van der Waals surface area contributed by atoms with E-state index in [0.717, 1.165) is 10.6 Å². The van der Waals surface area contributed by atoms with E-state index in [1.54, 1.807) is 0 Å². The molecule has 8 heteroatoms. The van der Waals surface area contributed by atoms with Gasteiger partial charge in [0, 0.05) is 5.92 Å². The topological polar surface area (TPSA) is 102 Å². The summed E-state index contributed by atoms with van der Waals surface area (Å²) in [6, 6.07) is 0. The standard InChI is InChI=1S/C11H17N5O2S/c1-7(11(2,3)4)10-15-8-5-13-14-6-9(8)19(17,18)16(10)12/h5-7H,12H2,1-4H3. The molecule has 19 heavy (non-hydrogen) atoms. The first-order valence-electron chi connectivity index (χ1n) is 5.85. The monoisotopic (exact) mass is 283 g/mol. The maximum absolute atomic E-state index is 12.3. The summed E-state index contributed by atoms with van der Waals surface area (Å²) in [5, 5.41) is 7.23. The van der Waals surface area contributed by atoms with Crippen molar-refractivity contribution in [3.8, 4) is 0 Å². The van der Waals surface area contributed by atoms with E-state index in [9.17, 15) is 8.42 Å². The average Bonchev–Trinajstić information content (AvgIpc) is 2.32. The molecule has 0 saturated heterocycles. The van der Waals surface area contributed by atoms with Crippen LogP contribution in [0.2, 0.25) is 0 Å². The molecule has 0 aliphatic carbocycles. The van der Waals surface area contributed by atoms with E-state index < -0.39 is 10.0 Å². The number of amidine groups is 1. The molecule has 1 atom stereocenters. The molecule has 1 aromatic rings. The molecule has 2 heterocycles. The Morgan fingerprint density at radius 1 is 1.26 bits per heavy atom. The maximum Gasteiger partial charge on any atom is 0.282 e. The average molecular weight is 283 g/mol. The summed E-state index contributed by atoms with van der Waals surface area (Å²) < 4.78 is 25.3. The van der Waals surface area contributed by atoms with Gasteiger partial charge >= 0.3 is 0 Å². The van der Waals surface area contributed by atoms with Gasteiger partial charge in [0.25, 0.3) is 10.0 Å². The largest absolute Gasteiger partial charge is 0.282 e. The van der Waals surface area contributed by atoms with Crippen molar-refractivity contribution in [1.82, 2.24) is 14.6 Å². The van der Waals surface area contributed by atoms with Crippen molar-refractivity contribution in [2.45, 2.75) is 32.6 Å². The molecule has 2 rings (SSSR count). The lowest BCUT2D eigenvalue weighted by atomic mass is 9.81. The molecule has 0 radical (unpaired) electrons. The van der Waals surface area contributed by atoms with Crippen molar-refractivity contribution in [2.75, 3.05) is 0 Å². The van der Waals surface area contributed by atoms with Crippen LogP contribution in [0.4, 0.5) is 5.69 Å². The Labute approximate surface area is 112 Å². The number of sulfonamides is 1. The number of hydrogen-bond donors (Lipinski definition) is 1. The van der Waals surface area contributed by atoms with E-state index in [1.807, 2.05) is 27.7 Å². The van der Waals surface area contributed by atoms with Crippen molar-refractivity contribution < 1.29 is 8.42 Å². The highest BCUT2D eigenvalue weighted by Gasteiger charge is 2.38. The van der Waals surface area contributed by atoms with Crippen LogP contribution in [0.15, 0.2) is 22.3 Å². The summed E-state index contributed by atoms with van der Waals surface area (Å²) in [6.07, 6.45) is 2.49. The van der Waals surface area contributed by atoms with Gasteiger partial charge in [-0.3, -0.25) is 0 Å². The molecule has 0 saturated carbocycles. The molecule has 1 unspecified atom stereocenters. The third kappa shape index (κ3) is 2.21. The molecule has 104 valence electrons. The first kappa shape index (κ1) is 13.9. The van der Waals surface area contributed by atoms with Gasteiger partial charge in [0.2, 0.25) is 0 Å². The van der Waals surface area contributed by atoms with Gasteiger partial charge in [-0.2, -0.15) is 23.0 Å². The van der Waals surface area contributed by atoms with E-state index in [0.29, 0.717) is 5.84 Å². The third-order valence-corrected chi connectivity index (χ3v) is 4.93. The minimum Gasteiger partial charge on any atom is -0.232 e. The van der Waals surface area contributed by atoms with Crippen molar-refractivity contribution in [3.05, 3.63) is 12.4 Å². The summed E-state index contributed by atoms with van der Waals surface area (Å²) in [6.45, 7) is 7.90. The molecule has 0 aromatic carbocycles. The first-order valence-corrected chi connectivity index (χ1v) is 7.29. The Hall–Kier alpha value is -1.54. The van der Waals surface area contributed by atoms with Gasteiger partial charge < -0.3 is 0 Å². The van der Waals surface area contributed by atoms with Crippen LogP contribution in [0.3, 0.4) is 0 Å². The number of rotatable bonds is 1. The summed E-state index contributed by atoms with van der Waals surface area (Å²) in [5.74, 6) is 5.92. The Bertz CT molecular complexity index is 633. The minimum absolute atomic E-state index is 0.0186. The second kappa shape index (κ2) is 4.24. The fourth-order valence-electron chi connectivity index (χ4n) is 1.66. The molecular formula is C11H17N5O2S. The first-order chi connectivity index (χ1) is 8.65. The highest BCUT2D eigenvalue weighted by Crippen LogP contribution is 2.35. The Balaban J connectivity index is 2.63. The number of aromatic nitrogens is 2. The number of hydrogen-bond acceptors (Lipinski definition) is 6. The summed E-state index contributed by atoms with van der Waals surface area (Å²) in [5.41, 5.74) is 0.118. The van der Waals surface area contributed by atoms with Gasteiger partial charge in [0.15, 0.2) is 0 Å². The van der Waals surface area contributed by atoms with Crippen molar-refractivity contribution in [3.63, 3.8) is 0 Å². The second-order valence-corrected chi connectivity index (χ2v) is 7.38. The quantitative estimate of drug-likeness (QED) is 0.777. The van der Waals surface area contributed by atoms with E-state index in [2.05, 4.69) is 15.2 Å². The van der Waals surface area contributed by atoms with Gasteiger partial charge in [-0.1, -0.05) is 27.7 Å². The van der Waals surface area contributed by atoms with Crippen LogP contribution >= 0.6 is 0 Å². The Morgan fingerprint density at radius 3 is 2.42 bits per heavy atom. The Kier molecular flexibility index (Phi) is 3.10. The second-order valence-electron chi connectivity index (χ2n) is 5.60. The lowest BCUT2D eigenvalue weighted by Crippen LogP contribution is -2.49. The number of aliphatic imine (C=N–C) groups is 1. The van der Waals surface area contributed by atoms with Crippen LogP contribution in [0, 0.1) is 11.3 Å². The Morgan fingerprint density at radius 2 is 1.84 bits per heavy atom.